The summed E-state index contributed by atoms with van der Waals surface area (Å²) in [6.45, 7) is 6.38. The number of primary amides is 1. The standard InChI is InChI=1S/C27H25N3O4/c1-3-8-20-13-18(14-22(16-28)26(31)30-27(29)32)15-24(33-4-2)25(20)34-17-21-11-7-10-19-9-5-6-12-23(19)21/h3,5-7,9-15H,1,4,8,17H2,2H3,(H3,29,30,31,32)/b22-14-. The zero-order chi connectivity index (χ0) is 24.5. The van der Waals surface area contributed by atoms with Gasteiger partial charge in [0.2, 0.25) is 0 Å². The van der Waals surface area contributed by atoms with E-state index in [1.165, 1.54) is 6.08 Å². The second-order valence-electron chi connectivity index (χ2n) is 7.35. The Hall–Kier alpha value is -4.57. The van der Waals surface area contributed by atoms with Crippen LogP contribution < -0.4 is 20.5 Å². The smallest absolute Gasteiger partial charge is 0.319 e. The van der Waals surface area contributed by atoms with Gasteiger partial charge in [-0.1, -0.05) is 48.5 Å². The summed E-state index contributed by atoms with van der Waals surface area (Å²) in [4.78, 5) is 23.1. The highest BCUT2D eigenvalue weighted by molar-refractivity contribution is 6.08. The van der Waals surface area contributed by atoms with E-state index in [1.54, 1.807) is 24.3 Å². The number of benzene rings is 3. The van der Waals surface area contributed by atoms with Crippen LogP contribution in [0.25, 0.3) is 16.8 Å². The third kappa shape index (κ3) is 5.81. The molecule has 3 N–H and O–H groups in total. The largest absolute Gasteiger partial charge is 0.490 e. The van der Waals surface area contributed by atoms with Gasteiger partial charge in [0.1, 0.15) is 18.2 Å². The van der Waals surface area contributed by atoms with E-state index >= 15 is 0 Å². The average Bonchev–Trinajstić information content (AvgIpc) is 2.82. The van der Waals surface area contributed by atoms with Gasteiger partial charge in [0.05, 0.1) is 6.61 Å². The number of hydrogen-bond acceptors (Lipinski definition) is 5. The number of rotatable bonds is 9. The number of nitrogens with zero attached hydrogens (tertiary/aromatic N) is 1. The summed E-state index contributed by atoms with van der Waals surface area (Å²) in [5.74, 6) is 0.155. The second kappa shape index (κ2) is 11.3. The normalized spacial score (nSPS) is 10.9. The highest BCUT2D eigenvalue weighted by Gasteiger charge is 2.16. The van der Waals surface area contributed by atoms with E-state index in [2.05, 4.69) is 24.8 Å². The first-order chi connectivity index (χ1) is 16.5. The fraction of sp³-hybridized carbons (Fsp3) is 0.148. The van der Waals surface area contributed by atoms with E-state index in [0.29, 0.717) is 36.7 Å². The van der Waals surface area contributed by atoms with Crippen LogP contribution in [0.4, 0.5) is 4.79 Å². The quantitative estimate of drug-likeness (QED) is 0.277. The Morgan fingerprint density at radius 3 is 2.59 bits per heavy atom. The van der Waals surface area contributed by atoms with Crippen molar-refractivity contribution in [2.45, 2.75) is 20.0 Å². The van der Waals surface area contributed by atoms with Gasteiger partial charge in [0.15, 0.2) is 11.5 Å². The first-order valence-corrected chi connectivity index (χ1v) is 10.7. The maximum atomic E-state index is 12.1. The van der Waals surface area contributed by atoms with Crippen molar-refractivity contribution in [2.75, 3.05) is 6.61 Å². The molecule has 0 fully saturated rings. The number of nitrogens with two attached hydrogens (primary N) is 1. The van der Waals surface area contributed by atoms with Gasteiger partial charge in [-0.05, 0) is 53.5 Å². The number of nitrogens with one attached hydrogen (secondary N) is 1. The Balaban J connectivity index is 2.00. The lowest BCUT2D eigenvalue weighted by Crippen LogP contribution is -2.35. The number of ether oxygens (including phenoxy) is 2. The van der Waals surface area contributed by atoms with Gasteiger partial charge in [-0.15, -0.1) is 6.58 Å². The summed E-state index contributed by atoms with van der Waals surface area (Å²) in [5, 5.41) is 13.5. The molecule has 3 aromatic carbocycles. The predicted molar refractivity (Wildman–Crippen MR) is 131 cm³/mol. The lowest BCUT2D eigenvalue weighted by molar-refractivity contribution is -0.115. The molecule has 3 rings (SSSR count). The number of fused-ring (bicyclic) bond motifs is 1. The minimum Gasteiger partial charge on any atom is -0.490 e. The molecule has 0 saturated heterocycles. The van der Waals surface area contributed by atoms with E-state index in [9.17, 15) is 14.9 Å². The Morgan fingerprint density at radius 1 is 1.12 bits per heavy atom. The van der Waals surface area contributed by atoms with Crippen LogP contribution >= 0.6 is 0 Å². The van der Waals surface area contributed by atoms with Crippen molar-refractivity contribution in [3.8, 4) is 17.6 Å². The molecule has 0 aliphatic heterocycles. The highest BCUT2D eigenvalue weighted by atomic mass is 16.5. The monoisotopic (exact) mass is 455 g/mol. The molecular weight excluding hydrogens is 430 g/mol. The van der Waals surface area contributed by atoms with Crippen molar-refractivity contribution in [1.82, 2.24) is 5.32 Å². The molecule has 34 heavy (non-hydrogen) atoms. The molecule has 0 aliphatic carbocycles. The summed E-state index contributed by atoms with van der Waals surface area (Å²) in [6, 6.07) is 18.4. The second-order valence-corrected chi connectivity index (χ2v) is 7.35. The van der Waals surface area contributed by atoms with Crippen LogP contribution in [0.3, 0.4) is 0 Å². The highest BCUT2D eigenvalue weighted by Crippen LogP contribution is 2.36. The summed E-state index contributed by atoms with van der Waals surface area (Å²) in [7, 11) is 0. The molecule has 0 saturated carbocycles. The number of urea groups is 1. The SMILES string of the molecule is C=CCc1cc(/C=C(/C#N)C(=O)NC(N)=O)cc(OCC)c1OCc1cccc2ccccc12. The minimum absolute atomic E-state index is 0.268. The van der Waals surface area contributed by atoms with Crippen LogP contribution in [0.2, 0.25) is 0 Å². The third-order valence-corrected chi connectivity index (χ3v) is 4.98. The molecular formula is C27H25N3O4. The van der Waals surface area contributed by atoms with Crippen LogP contribution in [-0.2, 0) is 17.8 Å². The number of hydrogen-bond donors (Lipinski definition) is 2. The fourth-order valence-corrected chi connectivity index (χ4v) is 3.56. The molecule has 3 amide bonds. The molecule has 0 heterocycles. The third-order valence-electron chi connectivity index (χ3n) is 4.98. The Labute approximate surface area is 198 Å². The summed E-state index contributed by atoms with van der Waals surface area (Å²) in [6.07, 6.45) is 3.57. The van der Waals surface area contributed by atoms with E-state index < -0.39 is 11.9 Å². The number of carbonyl (C=O) groups excluding carboxylic acids is 2. The van der Waals surface area contributed by atoms with Crippen LogP contribution in [0.1, 0.15) is 23.6 Å². The molecule has 7 nitrogen and oxygen atoms in total. The van der Waals surface area contributed by atoms with Gasteiger partial charge in [-0.3, -0.25) is 10.1 Å². The number of allylic oxidation sites excluding steroid dienone is 1. The van der Waals surface area contributed by atoms with Crippen LogP contribution in [0, 0.1) is 11.3 Å². The Kier molecular flexibility index (Phi) is 8.03. The lowest BCUT2D eigenvalue weighted by Gasteiger charge is -2.17. The van der Waals surface area contributed by atoms with Crippen LogP contribution in [0.5, 0.6) is 11.5 Å². The van der Waals surface area contributed by atoms with E-state index in [0.717, 1.165) is 21.9 Å². The van der Waals surface area contributed by atoms with E-state index in [1.807, 2.05) is 36.5 Å². The topological polar surface area (TPSA) is 114 Å². The van der Waals surface area contributed by atoms with Crippen LogP contribution in [0.15, 0.2) is 72.8 Å². The van der Waals surface area contributed by atoms with Crippen LogP contribution in [-0.4, -0.2) is 18.5 Å². The number of carbonyl (C=O) groups is 2. The maximum Gasteiger partial charge on any atom is 0.319 e. The van der Waals surface area contributed by atoms with Gasteiger partial charge >= 0.3 is 6.03 Å². The van der Waals surface area contributed by atoms with E-state index in [4.69, 9.17) is 15.2 Å². The number of imide groups is 1. The molecule has 0 atom stereocenters. The van der Waals surface area contributed by atoms with Crippen molar-refractivity contribution >= 4 is 28.8 Å². The fourth-order valence-electron chi connectivity index (χ4n) is 3.56. The Bertz CT molecular complexity index is 1300. The number of amides is 3. The van der Waals surface area contributed by atoms with Crippen molar-refractivity contribution < 1.29 is 19.1 Å². The zero-order valence-electron chi connectivity index (χ0n) is 18.8. The van der Waals surface area contributed by atoms with Gasteiger partial charge in [-0.25, -0.2) is 4.79 Å². The van der Waals surface area contributed by atoms with E-state index in [-0.39, 0.29) is 5.57 Å². The molecule has 0 spiro atoms. The molecule has 0 aromatic heterocycles. The van der Waals surface area contributed by atoms with Gasteiger partial charge in [-0.2, -0.15) is 5.26 Å². The molecule has 7 heteroatoms. The lowest BCUT2D eigenvalue weighted by atomic mass is 10.0. The predicted octanol–water partition coefficient (Wildman–Crippen LogP) is 4.65. The summed E-state index contributed by atoms with van der Waals surface area (Å²) < 4.78 is 12.1. The minimum atomic E-state index is -1.04. The number of nitriles is 1. The maximum absolute atomic E-state index is 12.1. The van der Waals surface area contributed by atoms with Gasteiger partial charge < -0.3 is 15.2 Å². The molecule has 0 aliphatic rings. The first-order valence-electron chi connectivity index (χ1n) is 10.7. The average molecular weight is 456 g/mol. The molecule has 0 unspecified atom stereocenters. The van der Waals surface area contributed by atoms with Gasteiger partial charge in [0.25, 0.3) is 5.91 Å². The molecule has 3 aromatic rings. The van der Waals surface area contributed by atoms with Crippen molar-refractivity contribution in [3.63, 3.8) is 0 Å². The molecule has 172 valence electrons. The first kappa shape index (κ1) is 24.1. The summed E-state index contributed by atoms with van der Waals surface area (Å²) >= 11 is 0. The van der Waals surface area contributed by atoms with Crippen molar-refractivity contribution in [2.24, 2.45) is 5.73 Å². The Morgan fingerprint density at radius 2 is 1.88 bits per heavy atom. The zero-order valence-corrected chi connectivity index (χ0v) is 18.8. The molecule has 0 bridgehead atoms. The molecule has 0 radical (unpaired) electrons. The van der Waals surface area contributed by atoms with Crippen molar-refractivity contribution in [1.29, 1.82) is 5.26 Å². The van der Waals surface area contributed by atoms with Crippen molar-refractivity contribution in [3.05, 3.63) is 89.5 Å². The van der Waals surface area contributed by atoms with Gasteiger partial charge in [0, 0.05) is 5.56 Å². The summed E-state index contributed by atoms with van der Waals surface area (Å²) in [5.41, 5.74) is 7.06.